The minimum Gasteiger partial charge on any atom is -0.458 e. The van der Waals surface area contributed by atoms with Crippen LogP contribution in [0, 0.1) is 23.7 Å². The molecule has 0 radical (unpaired) electrons. The summed E-state index contributed by atoms with van der Waals surface area (Å²) >= 11 is 0. The fraction of sp³-hybridized carbons (Fsp3) is 0.857. The van der Waals surface area contributed by atoms with Crippen LogP contribution in [-0.4, -0.2) is 127 Å². The van der Waals surface area contributed by atoms with Crippen molar-refractivity contribution in [1.29, 1.82) is 0 Å². The maximum atomic E-state index is 14.3. The summed E-state index contributed by atoms with van der Waals surface area (Å²) in [6, 6.07) is -0.895. The molecule has 14 atom stereocenters. The number of carbonyl (C=O) groups excluding carboxylic acids is 3. The van der Waals surface area contributed by atoms with Crippen molar-refractivity contribution < 1.29 is 47.9 Å². The van der Waals surface area contributed by atoms with Gasteiger partial charge in [0.15, 0.2) is 11.9 Å². The number of likely N-dealkylation sites (N-methyl/N-ethyl adjacent to an activating group) is 2. The Balaban J connectivity index is 1.85. The lowest BCUT2D eigenvalue weighted by molar-refractivity contribution is -0.302. The average Bonchev–Trinajstić information content (AvgIpc) is 3.25. The van der Waals surface area contributed by atoms with Crippen molar-refractivity contribution in [1.82, 2.24) is 9.80 Å². The molecule has 0 saturated carbocycles. The van der Waals surface area contributed by atoms with E-state index in [4.69, 9.17) is 28.4 Å². The van der Waals surface area contributed by atoms with Gasteiger partial charge in [-0.1, -0.05) is 34.3 Å². The number of amides is 1. The third-order valence-electron chi connectivity index (χ3n) is 11.1. The van der Waals surface area contributed by atoms with Crippen molar-refractivity contribution in [2.24, 2.45) is 23.7 Å². The number of Topliss-reactive ketones (excluding diaryl/α,β-unsaturated/α-hetero) is 1. The van der Waals surface area contributed by atoms with Crippen LogP contribution in [-0.2, 0) is 38.0 Å². The Labute approximate surface area is 280 Å². The van der Waals surface area contributed by atoms with Gasteiger partial charge in [-0.15, -0.1) is 0 Å². The summed E-state index contributed by atoms with van der Waals surface area (Å²) in [7, 11) is 5.44. The van der Waals surface area contributed by atoms with Crippen LogP contribution in [0.2, 0.25) is 0 Å². The Bertz CT molecular complexity index is 1180. The van der Waals surface area contributed by atoms with Gasteiger partial charge in [0.2, 0.25) is 0 Å². The van der Waals surface area contributed by atoms with Crippen molar-refractivity contribution in [3.63, 3.8) is 0 Å². The number of hydrogen-bond acceptors (Lipinski definition) is 11. The molecule has 4 heterocycles. The van der Waals surface area contributed by atoms with Crippen LogP contribution in [0.15, 0.2) is 12.2 Å². The number of rotatable bonds is 4. The van der Waals surface area contributed by atoms with Gasteiger partial charge in [-0.25, -0.2) is 4.79 Å². The quantitative estimate of drug-likeness (QED) is 0.349. The Hall–Kier alpha value is -2.09. The number of carbonyl (C=O) groups is 3. The average molecular weight is 667 g/mol. The Kier molecular flexibility index (Phi) is 11.6. The zero-order chi connectivity index (χ0) is 35.2. The SMILES string of the molecule is C=C1CO[C@@H]2[C@H](C)[C@@H](O[C@@H]3O[C@H](C)C[C@H](N(C)C)[C@H]3O)[C@](C)(C[C@@H](C)C(=O)[C@H](C)[C@H]3N(C)C(=O)O[C@]3(C)[C@@H](CC)OC(=O)[C@@H]2C)OC1. The molecule has 2 bridgehead atoms. The largest absolute Gasteiger partial charge is 0.458 e. The van der Waals surface area contributed by atoms with Gasteiger partial charge in [-0.3, -0.25) is 9.59 Å². The van der Waals surface area contributed by atoms with Gasteiger partial charge in [-0.2, -0.15) is 0 Å². The molecular weight excluding hydrogens is 608 g/mol. The second kappa shape index (κ2) is 14.4. The lowest BCUT2D eigenvalue weighted by Crippen LogP contribution is -2.60. The molecule has 268 valence electrons. The first-order valence-electron chi connectivity index (χ1n) is 17.1. The van der Waals surface area contributed by atoms with E-state index in [2.05, 4.69) is 6.58 Å². The number of aliphatic hydroxyl groups is 1. The number of aliphatic hydroxyl groups excluding tert-OH is 1. The smallest absolute Gasteiger partial charge is 0.410 e. The number of fused-ring (bicyclic) bond motifs is 4. The Morgan fingerprint density at radius 1 is 1.06 bits per heavy atom. The molecule has 0 aromatic heterocycles. The third kappa shape index (κ3) is 7.28. The van der Waals surface area contributed by atoms with Crippen LogP contribution < -0.4 is 0 Å². The van der Waals surface area contributed by atoms with E-state index in [-0.39, 0.29) is 37.6 Å². The van der Waals surface area contributed by atoms with E-state index < -0.39 is 83.7 Å². The number of esters is 1. The molecule has 4 fully saturated rings. The summed E-state index contributed by atoms with van der Waals surface area (Å²) in [5.41, 5.74) is -1.71. The first kappa shape index (κ1) is 37.7. The van der Waals surface area contributed by atoms with E-state index in [1.165, 1.54) is 4.90 Å². The van der Waals surface area contributed by atoms with Crippen LogP contribution >= 0.6 is 0 Å². The van der Waals surface area contributed by atoms with Gasteiger partial charge in [0.1, 0.15) is 18.0 Å². The van der Waals surface area contributed by atoms with Crippen LogP contribution in [0.4, 0.5) is 4.79 Å². The summed E-state index contributed by atoms with van der Waals surface area (Å²) in [6.07, 6.45) is -3.83. The fourth-order valence-electron chi connectivity index (χ4n) is 8.53. The predicted octanol–water partition coefficient (Wildman–Crippen LogP) is 3.58. The second-order valence-electron chi connectivity index (χ2n) is 15.1. The molecule has 4 saturated heterocycles. The molecule has 0 spiro atoms. The molecule has 0 unspecified atom stereocenters. The number of hydrogen-bond donors (Lipinski definition) is 1. The van der Waals surface area contributed by atoms with E-state index in [0.29, 0.717) is 18.4 Å². The molecule has 0 aromatic carbocycles. The highest BCUT2D eigenvalue weighted by atomic mass is 16.7. The third-order valence-corrected chi connectivity index (χ3v) is 11.1. The molecule has 4 rings (SSSR count). The standard InChI is InChI=1S/C35H58N2O10/c1-13-25-35(9)29(37(12)33(41)47-35)21(5)26(38)19(3)15-34(8)30(46-32-27(39)24(36(10)11)14-20(4)44-32)22(6)28(23(7)31(40)45-25)42-16-18(2)17-43-34/h19-25,27-30,32,39H,2,13-17H2,1,3-12H3/t19-,20-,21+,22+,23-,24+,25-,27-,28-,29-,30-,32+,34+,35-/m1/s1. The van der Waals surface area contributed by atoms with E-state index in [1.807, 2.05) is 53.6 Å². The highest BCUT2D eigenvalue weighted by Gasteiger charge is 2.59. The minimum absolute atomic E-state index is 0.0871. The van der Waals surface area contributed by atoms with Crippen molar-refractivity contribution >= 4 is 17.8 Å². The number of nitrogens with zero attached hydrogens (tertiary/aromatic N) is 2. The van der Waals surface area contributed by atoms with E-state index in [0.717, 1.165) is 0 Å². The van der Waals surface area contributed by atoms with Gasteiger partial charge >= 0.3 is 12.1 Å². The van der Waals surface area contributed by atoms with Crippen molar-refractivity contribution in [3.05, 3.63) is 12.2 Å². The van der Waals surface area contributed by atoms with Crippen LogP contribution in [0.1, 0.15) is 74.7 Å². The maximum Gasteiger partial charge on any atom is 0.410 e. The fourth-order valence-corrected chi connectivity index (χ4v) is 8.53. The van der Waals surface area contributed by atoms with E-state index >= 15 is 0 Å². The predicted molar refractivity (Wildman–Crippen MR) is 173 cm³/mol. The number of ether oxygens (including phenoxy) is 6. The molecule has 12 nitrogen and oxygen atoms in total. The van der Waals surface area contributed by atoms with Gasteiger partial charge in [-0.05, 0) is 66.6 Å². The van der Waals surface area contributed by atoms with E-state index in [1.54, 1.807) is 27.8 Å². The van der Waals surface area contributed by atoms with E-state index in [9.17, 15) is 19.5 Å². The molecule has 47 heavy (non-hydrogen) atoms. The molecule has 4 aliphatic heterocycles. The van der Waals surface area contributed by atoms with Gasteiger partial charge in [0.05, 0.1) is 49.1 Å². The molecule has 0 aromatic rings. The highest BCUT2D eigenvalue weighted by molar-refractivity contribution is 5.85. The number of cyclic esters (lactones) is 1. The van der Waals surface area contributed by atoms with Crippen molar-refractivity contribution in [2.45, 2.75) is 135 Å². The van der Waals surface area contributed by atoms with Gasteiger partial charge < -0.3 is 43.3 Å². The van der Waals surface area contributed by atoms with Gasteiger partial charge in [0.25, 0.3) is 0 Å². The normalized spacial score (nSPS) is 45.9. The monoisotopic (exact) mass is 666 g/mol. The Morgan fingerprint density at radius 3 is 2.34 bits per heavy atom. The molecule has 1 amide bonds. The lowest BCUT2D eigenvalue weighted by atomic mass is 9.73. The second-order valence-corrected chi connectivity index (χ2v) is 15.1. The van der Waals surface area contributed by atoms with Crippen molar-refractivity contribution in [3.8, 4) is 0 Å². The highest BCUT2D eigenvalue weighted by Crippen LogP contribution is 2.43. The number of ketones is 1. The van der Waals surface area contributed by atoms with Gasteiger partial charge in [0, 0.05) is 30.8 Å². The lowest BCUT2D eigenvalue weighted by Gasteiger charge is -2.48. The maximum absolute atomic E-state index is 14.3. The summed E-state index contributed by atoms with van der Waals surface area (Å²) in [5, 5.41) is 11.5. The molecular formula is C35H58N2O10. The molecule has 12 heteroatoms. The zero-order valence-electron chi connectivity index (χ0n) is 30.2. The van der Waals surface area contributed by atoms with Crippen LogP contribution in [0.5, 0.6) is 0 Å². The van der Waals surface area contributed by atoms with Crippen LogP contribution in [0.3, 0.4) is 0 Å². The summed E-state index contributed by atoms with van der Waals surface area (Å²) in [4.78, 5) is 44.8. The first-order chi connectivity index (χ1) is 21.9. The summed E-state index contributed by atoms with van der Waals surface area (Å²) in [6.45, 7) is 19.2. The summed E-state index contributed by atoms with van der Waals surface area (Å²) in [5.74, 6) is -3.08. The topological polar surface area (TPSA) is 133 Å². The minimum atomic E-state index is -1.27. The first-order valence-corrected chi connectivity index (χ1v) is 17.1. The molecule has 1 N–H and O–H groups in total. The molecule has 4 aliphatic rings. The zero-order valence-corrected chi connectivity index (χ0v) is 30.2. The summed E-state index contributed by atoms with van der Waals surface area (Å²) < 4.78 is 38.2. The van der Waals surface area contributed by atoms with Crippen molar-refractivity contribution in [2.75, 3.05) is 34.4 Å². The van der Waals surface area contributed by atoms with Crippen LogP contribution in [0.25, 0.3) is 0 Å². The Morgan fingerprint density at radius 2 is 1.72 bits per heavy atom. The molecule has 0 aliphatic carbocycles.